The summed E-state index contributed by atoms with van der Waals surface area (Å²) in [5, 5.41) is 13.6. The van der Waals surface area contributed by atoms with Crippen molar-refractivity contribution in [3.8, 4) is 11.3 Å². The van der Waals surface area contributed by atoms with Gasteiger partial charge in [0.25, 0.3) is 0 Å². The predicted molar refractivity (Wildman–Crippen MR) is 81.3 cm³/mol. The summed E-state index contributed by atoms with van der Waals surface area (Å²) >= 11 is 0. The smallest absolute Gasteiger partial charge is 0.123 e. The van der Waals surface area contributed by atoms with Gasteiger partial charge in [-0.1, -0.05) is 6.92 Å². The van der Waals surface area contributed by atoms with Gasteiger partial charge in [-0.05, 0) is 44.3 Å². The van der Waals surface area contributed by atoms with Crippen molar-refractivity contribution in [2.75, 3.05) is 20.2 Å². The second kappa shape index (κ2) is 7.33. The molecule has 0 radical (unpaired) electrons. The van der Waals surface area contributed by atoms with Crippen LogP contribution in [-0.2, 0) is 13.1 Å². The summed E-state index contributed by atoms with van der Waals surface area (Å²) in [6, 6.07) is 6.37. The van der Waals surface area contributed by atoms with E-state index in [1.165, 1.54) is 12.1 Å². The van der Waals surface area contributed by atoms with Gasteiger partial charge in [-0.25, -0.2) is 4.39 Å². The molecule has 0 aliphatic rings. The van der Waals surface area contributed by atoms with Gasteiger partial charge in [0.2, 0.25) is 0 Å². The maximum atomic E-state index is 13.1. The Balaban J connectivity index is 2.30. The normalized spacial score (nSPS) is 11.3. The molecule has 1 aromatic carbocycles. The van der Waals surface area contributed by atoms with E-state index in [0.29, 0.717) is 6.54 Å². The van der Waals surface area contributed by atoms with Crippen LogP contribution in [0, 0.1) is 5.82 Å². The van der Waals surface area contributed by atoms with Crippen molar-refractivity contribution in [2.45, 2.75) is 26.4 Å². The third-order valence-corrected chi connectivity index (χ3v) is 3.33. The average Bonchev–Trinajstić information content (AvgIpc) is 2.83. The molecule has 1 aromatic heterocycles. The van der Waals surface area contributed by atoms with Gasteiger partial charge in [-0.3, -0.25) is 4.68 Å². The summed E-state index contributed by atoms with van der Waals surface area (Å²) in [7, 11) is 2.07. The third-order valence-electron chi connectivity index (χ3n) is 3.33. The van der Waals surface area contributed by atoms with Crippen LogP contribution >= 0.6 is 0 Å². The molecule has 114 valence electrons. The molecular weight excluding hydrogens is 269 g/mol. The Kier molecular flexibility index (Phi) is 5.47. The minimum absolute atomic E-state index is 0.0504. The van der Waals surface area contributed by atoms with Crippen LogP contribution in [0.2, 0.25) is 0 Å². The molecule has 5 heteroatoms. The molecular formula is C16H22FN3O. The van der Waals surface area contributed by atoms with Crippen LogP contribution in [0.1, 0.15) is 18.9 Å². The lowest BCUT2D eigenvalue weighted by atomic mass is 10.1. The van der Waals surface area contributed by atoms with Crippen LogP contribution < -0.4 is 0 Å². The van der Waals surface area contributed by atoms with Crippen molar-refractivity contribution in [2.24, 2.45) is 0 Å². The Labute approximate surface area is 124 Å². The largest absolute Gasteiger partial charge is 0.394 e. The number of halogens is 1. The molecule has 1 heterocycles. The van der Waals surface area contributed by atoms with Gasteiger partial charge in [-0.15, -0.1) is 0 Å². The predicted octanol–water partition coefficient (Wildman–Crippen LogP) is 2.52. The van der Waals surface area contributed by atoms with E-state index in [-0.39, 0.29) is 12.4 Å². The third kappa shape index (κ3) is 4.12. The number of aliphatic hydroxyl groups excluding tert-OH is 1. The molecule has 0 aliphatic heterocycles. The van der Waals surface area contributed by atoms with E-state index >= 15 is 0 Å². The van der Waals surface area contributed by atoms with Gasteiger partial charge in [0, 0.05) is 23.9 Å². The lowest BCUT2D eigenvalue weighted by Crippen LogP contribution is -2.18. The van der Waals surface area contributed by atoms with Crippen LogP contribution in [0.5, 0.6) is 0 Å². The molecule has 0 bridgehead atoms. The van der Waals surface area contributed by atoms with Crippen LogP contribution in [-0.4, -0.2) is 40.0 Å². The highest BCUT2D eigenvalue weighted by Gasteiger charge is 2.13. The van der Waals surface area contributed by atoms with E-state index in [1.807, 2.05) is 6.20 Å². The lowest BCUT2D eigenvalue weighted by Gasteiger charge is -2.15. The van der Waals surface area contributed by atoms with E-state index in [0.717, 1.165) is 36.3 Å². The first kappa shape index (κ1) is 15.7. The lowest BCUT2D eigenvalue weighted by molar-refractivity contribution is 0.269. The highest BCUT2D eigenvalue weighted by atomic mass is 19.1. The van der Waals surface area contributed by atoms with Crippen molar-refractivity contribution in [3.05, 3.63) is 41.8 Å². The number of aromatic nitrogens is 2. The first-order chi connectivity index (χ1) is 10.1. The molecule has 0 atom stereocenters. The van der Waals surface area contributed by atoms with Gasteiger partial charge in [0.05, 0.1) is 18.8 Å². The summed E-state index contributed by atoms with van der Waals surface area (Å²) in [4.78, 5) is 2.23. The zero-order chi connectivity index (χ0) is 15.2. The Hall–Kier alpha value is -1.72. The second-order valence-corrected chi connectivity index (χ2v) is 5.23. The van der Waals surface area contributed by atoms with Crippen molar-refractivity contribution in [1.29, 1.82) is 0 Å². The molecule has 0 amide bonds. The van der Waals surface area contributed by atoms with Gasteiger partial charge in [0.15, 0.2) is 0 Å². The minimum atomic E-state index is -0.252. The number of nitrogens with zero attached hydrogens (tertiary/aromatic N) is 3. The fraction of sp³-hybridized carbons (Fsp3) is 0.438. The maximum absolute atomic E-state index is 13.1. The molecule has 1 N–H and O–H groups in total. The van der Waals surface area contributed by atoms with E-state index in [4.69, 9.17) is 5.11 Å². The van der Waals surface area contributed by atoms with Gasteiger partial charge >= 0.3 is 0 Å². The van der Waals surface area contributed by atoms with Crippen molar-refractivity contribution < 1.29 is 9.50 Å². The monoisotopic (exact) mass is 291 g/mol. The van der Waals surface area contributed by atoms with Gasteiger partial charge < -0.3 is 10.0 Å². The molecule has 21 heavy (non-hydrogen) atoms. The van der Waals surface area contributed by atoms with Crippen LogP contribution in [0.3, 0.4) is 0 Å². The fourth-order valence-electron chi connectivity index (χ4n) is 2.40. The van der Waals surface area contributed by atoms with E-state index in [9.17, 15) is 4.39 Å². The summed E-state index contributed by atoms with van der Waals surface area (Å²) in [5.41, 5.74) is 2.84. The van der Waals surface area contributed by atoms with Crippen LogP contribution in [0.4, 0.5) is 4.39 Å². The molecule has 2 rings (SSSR count). The Morgan fingerprint density at radius 1 is 1.29 bits per heavy atom. The van der Waals surface area contributed by atoms with Gasteiger partial charge in [0.1, 0.15) is 5.82 Å². The number of aliphatic hydroxyl groups is 1. The zero-order valence-electron chi connectivity index (χ0n) is 12.6. The first-order valence-corrected chi connectivity index (χ1v) is 7.25. The molecule has 2 aromatic rings. The van der Waals surface area contributed by atoms with E-state index in [1.54, 1.807) is 16.8 Å². The van der Waals surface area contributed by atoms with Crippen LogP contribution in [0.15, 0.2) is 30.5 Å². The molecule has 0 spiro atoms. The highest BCUT2D eigenvalue weighted by Crippen LogP contribution is 2.23. The molecule has 0 saturated heterocycles. The summed E-state index contributed by atoms with van der Waals surface area (Å²) in [6.45, 7) is 4.45. The maximum Gasteiger partial charge on any atom is 0.123 e. The number of hydrogen-bond acceptors (Lipinski definition) is 3. The number of rotatable bonds is 7. The second-order valence-electron chi connectivity index (χ2n) is 5.23. The summed E-state index contributed by atoms with van der Waals surface area (Å²) < 4.78 is 14.8. The van der Waals surface area contributed by atoms with E-state index < -0.39 is 0 Å². The van der Waals surface area contributed by atoms with Gasteiger partial charge in [-0.2, -0.15) is 5.10 Å². The quantitative estimate of drug-likeness (QED) is 0.852. The standard InChI is InChI=1S/C16H22FN3O/c1-3-8-19(2)11-14-12-20(9-10-21)18-16(14)13-4-6-15(17)7-5-13/h4-7,12,21H,3,8-11H2,1-2H3. The summed E-state index contributed by atoms with van der Waals surface area (Å²) in [6.07, 6.45) is 3.05. The van der Waals surface area contributed by atoms with Crippen molar-refractivity contribution in [1.82, 2.24) is 14.7 Å². The molecule has 0 fully saturated rings. The Bertz CT molecular complexity index is 565. The van der Waals surface area contributed by atoms with Crippen LogP contribution in [0.25, 0.3) is 11.3 Å². The average molecular weight is 291 g/mol. The molecule has 4 nitrogen and oxygen atoms in total. The Morgan fingerprint density at radius 2 is 2.00 bits per heavy atom. The molecule has 0 unspecified atom stereocenters. The van der Waals surface area contributed by atoms with Crippen molar-refractivity contribution >= 4 is 0 Å². The molecule has 0 aliphatic carbocycles. The molecule has 0 saturated carbocycles. The zero-order valence-corrected chi connectivity index (χ0v) is 12.6. The number of benzene rings is 1. The Morgan fingerprint density at radius 3 is 2.62 bits per heavy atom. The first-order valence-electron chi connectivity index (χ1n) is 7.25. The fourth-order valence-corrected chi connectivity index (χ4v) is 2.40. The topological polar surface area (TPSA) is 41.3 Å². The van der Waals surface area contributed by atoms with Crippen molar-refractivity contribution in [3.63, 3.8) is 0 Å². The number of hydrogen-bond donors (Lipinski definition) is 1. The summed E-state index contributed by atoms with van der Waals surface area (Å²) in [5.74, 6) is -0.252. The highest BCUT2D eigenvalue weighted by molar-refractivity contribution is 5.62. The van der Waals surface area contributed by atoms with E-state index in [2.05, 4.69) is 24.0 Å². The SMILES string of the molecule is CCCN(C)Cc1cn(CCO)nc1-c1ccc(F)cc1. The minimum Gasteiger partial charge on any atom is -0.394 e.